The molecule has 1 saturated carbocycles. The highest BCUT2D eigenvalue weighted by atomic mass is 16.2. The van der Waals surface area contributed by atoms with Crippen LogP contribution in [0.1, 0.15) is 41.6 Å². The third kappa shape index (κ3) is 3.45. The van der Waals surface area contributed by atoms with Crippen molar-refractivity contribution in [2.24, 2.45) is 0 Å². The molecule has 136 valence electrons. The lowest BCUT2D eigenvalue weighted by molar-refractivity contribution is -0.128. The van der Waals surface area contributed by atoms with Crippen molar-refractivity contribution >= 4 is 11.8 Å². The van der Waals surface area contributed by atoms with Crippen LogP contribution < -0.4 is 0 Å². The number of carbonyl (C=O) groups excluding carboxylic acids is 2. The maximum absolute atomic E-state index is 12.9. The Kier molecular flexibility index (Phi) is 4.64. The molecule has 3 fully saturated rings. The van der Waals surface area contributed by atoms with Gasteiger partial charge in [-0.15, -0.1) is 0 Å². The first-order valence-corrected chi connectivity index (χ1v) is 9.47. The van der Waals surface area contributed by atoms with Gasteiger partial charge in [0.15, 0.2) is 0 Å². The van der Waals surface area contributed by atoms with Crippen LogP contribution in [-0.2, 0) is 11.3 Å². The summed E-state index contributed by atoms with van der Waals surface area (Å²) in [6.07, 6.45) is 3.88. The molecular weight excluding hydrogens is 328 g/mol. The minimum absolute atomic E-state index is 0.0182. The van der Waals surface area contributed by atoms with Gasteiger partial charge in [0.05, 0.1) is 6.07 Å². The first kappa shape index (κ1) is 17.0. The van der Waals surface area contributed by atoms with Crippen molar-refractivity contribution in [1.82, 2.24) is 14.7 Å². The third-order valence-electron chi connectivity index (χ3n) is 5.59. The number of carbonyl (C=O) groups is 2. The number of nitriles is 1. The highest BCUT2D eigenvalue weighted by Crippen LogP contribution is 2.30. The Balaban J connectivity index is 1.43. The Bertz CT molecular complexity index is 752. The van der Waals surface area contributed by atoms with Gasteiger partial charge in [-0.2, -0.15) is 5.26 Å². The number of amides is 2. The summed E-state index contributed by atoms with van der Waals surface area (Å²) in [5, 5.41) is 9.47. The molecule has 1 unspecified atom stereocenters. The second-order valence-corrected chi connectivity index (χ2v) is 7.48. The van der Waals surface area contributed by atoms with Crippen molar-refractivity contribution in [3.8, 4) is 6.07 Å². The molecule has 0 N–H and O–H groups in total. The van der Waals surface area contributed by atoms with E-state index in [9.17, 15) is 14.9 Å². The van der Waals surface area contributed by atoms with Gasteiger partial charge in [-0.1, -0.05) is 12.1 Å². The molecule has 4 rings (SSSR count). The summed E-state index contributed by atoms with van der Waals surface area (Å²) >= 11 is 0. The molecule has 3 aliphatic rings. The summed E-state index contributed by atoms with van der Waals surface area (Å²) in [7, 11) is 0. The second kappa shape index (κ2) is 7.08. The Morgan fingerprint density at radius 3 is 2.77 bits per heavy atom. The van der Waals surface area contributed by atoms with Gasteiger partial charge in [-0.05, 0) is 37.0 Å². The molecule has 6 nitrogen and oxygen atoms in total. The first-order valence-electron chi connectivity index (χ1n) is 9.47. The summed E-state index contributed by atoms with van der Waals surface area (Å²) < 4.78 is 0. The van der Waals surface area contributed by atoms with E-state index >= 15 is 0 Å². The van der Waals surface area contributed by atoms with E-state index in [-0.39, 0.29) is 17.9 Å². The monoisotopic (exact) mass is 352 g/mol. The minimum atomic E-state index is -0.203. The van der Waals surface area contributed by atoms with E-state index < -0.39 is 0 Å². The molecule has 0 aromatic heterocycles. The van der Waals surface area contributed by atoms with Crippen molar-refractivity contribution in [2.75, 3.05) is 26.2 Å². The van der Waals surface area contributed by atoms with Gasteiger partial charge in [0.1, 0.15) is 6.04 Å². The Morgan fingerprint density at radius 1 is 1.23 bits per heavy atom. The highest BCUT2D eigenvalue weighted by Gasteiger charge is 2.38. The van der Waals surface area contributed by atoms with Crippen LogP contribution >= 0.6 is 0 Å². The number of likely N-dealkylation sites (tertiary alicyclic amines) is 1. The average molecular weight is 352 g/mol. The summed E-state index contributed by atoms with van der Waals surface area (Å²) in [4.78, 5) is 30.6. The molecule has 1 atom stereocenters. The molecule has 0 bridgehead atoms. The van der Waals surface area contributed by atoms with E-state index in [1.807, 2.05) is 29.2 Å². The van der Waals surface area contributed by atoms with Gasteiger partial charge in [-0.3, -0.25) is 14.5 Å². The van der Waals surface area contributed by atoms with Crippen LogP contribution in [0.25, 0.3) is 0 Å². The van der Waals surface area contributed by atoms with Crippen LogP contribution in [0, 0.1) is 11.3 Å². The van der Waals surface area contributed by atoms with E-state index in [1.54, 1.807) is 4.90 Å². The highest BCUT2D eigenvalue weighted by molar-refractivity contribution is 5.94. The summed E-state index contributed by atoms with van der Waals surface area (Å²) in [5.74, 6) is 0.171. The first-order chi connectivity index (χ1) is 12.7. The van der Waals surface area contributed by atoms with E-state index in [4.69, 9.17) is 0 Å². The molecule has 1 aliphatic carbocycles. The zero-order valence-corrected chi connectivity index (χ0v) is 14.9. The summed E-state index contributed by atoms with van der Waals surface area (Å²) in [5.41, 5.74) is 1.63. The lowest BCUT2D eigenvalue weighted by atomic mass is 10.1. The molecule has 1 aromatic rings. The molecule has 2 heterocycles. The Morgan fingerprint density at radius 2 is 2.08 bits per heavy atom. The quantitative estimate of drug-likeness (QED) is 0.826. The van der Waals surface area contributed by atoms with Gasteiger partial charge >= 0.3 is 0 Å². The predicted octanol–water partition coefficient (Wildman–Crippen LogP) is 1.62. The normalized spacial score (nSPS) is 24.0. The largest absolute Gasteiger partial charge is 0.338 e. The smallest absolute Gasteiger partial charge is 0.253 e. The van der Waals surface area contributed by atoms with Crippen LogP contribution in [0.15, 0.2) is 24.3 Å². The standard InChI is InChI=1S/C20H24N4O2/c21-12-18-14-23(9-10-24(18)17-6-7-17)20(26)16-4-1-3-15(11-16)13-22-8-2-5-19(22)25/h1,3-4,11,17-18H,2,5-10,13-14H2. The molecule has 2 aliphatic heterocycles. The van der Waals surface area contributed by atoms with Crippen molar-refractivity contribution in [1.29, 1.82) is 5.26 Å². The fraction of sp³-hybridized carbons (Fsp3) is 0.550. The summed E-state index contributed by atoms with van der Waals surface area (Å²) in [6, 6.07) is 10.3. The van der Waals surface area contributed by atoms with Gasteiger partial charge < -0.3 is 9.80 Å². The van der Waals surface area contributed by atoms with Crippen LogP contribution in [0.4, 0.5) is 0 Å². The van der Waals surface area contributed by atoms with Gasteiger partial charge in [-0.25, -0.2) is 0 Å². The van der Waals surface area contributed by atoms with E-state index in [2.05, 4.69) is 11.0 Å². The summed E-state index contributed by atoms with van der Waals surface area (Å²) in [6.45, 7) is 3.28. The Labute approximate surface area is 154 Å². The molecule has 26 heavy (non-hydrogen) atoms. The van der Waals surface area contributed by atoms with Crippen LogP contribution in [0.3, 0.4) is 0 Å². The van der Waals surface area contributed by atoms with Crippen molar-refractivity contribution in [3.05, 3.63) is 35.4 Å². The van der Waals surface area contributed by atoms with E-state index in [0.717, 1.165) is 25.1 Å². The van der Waals surface area contributed by atoms with Gasteiger partial charge in [0, 0.05) is 50.7 Å². The fourth-order valence-corrected chi connectivity index (χ4v) is 4.02. The molecule has 0 spiro atoms. The van der Waals surface area contributed by atoms with Crippen molar-refractivity contribution < 1.29 is 9.59 Å². The number of rotatable bonds is 4. The van der Waals surface area contributed by atoms with E-state index in [1.165, 1.54) is 12.8 Å². The van der Waals surface area contributed by atoms with E-state index in [0.29, 0.717) is 37.7 Å². The maximum atomic E-state index is 12.9. The van der Waals surface area contributed by atoms with Gasteiger partial charge in [0.2, 0.25) is 5.91 Å². The lowest BCUT2D eigenvalue weighted by Crippen LogP contribution is -2.54. The molecule has 2 saturated heterocycles. The number of hydrogen-bond donors (Lipinski definition) is 0. The zero-order valence-electron chi connectivity index (χ0n) is 14.9. The molecular formula is C20H24N4O2. The topological polar surface area (TPSA) is 67.6 Å². The van der Waals surface area contributed by atoms with Gasteiger partial charge in [0.25, 0.3) is 5.91 Å². The molecule has 2 amide bonds. The fourth-order valence-electron chi connectivity index (χ4n) is 4.02. The van der Waals surface area contributed by atoms with Crippen LogP contribution in [-0.4, -0.2) is 64.8 Å². The van der Waals surface area contributed by atoms with Crippen LogP contribution in [0.5, 0.6) is 0 Å². The molecule has 1 aromatic carbocycles. The average Bonchev–Trinajstić information content (AvgIpc) is 3.44. The number of hydrogen-bond acceptors (Lipinski definition) is 4. The number of benzene rings is 1. The Hall–Kier alpha value is -2.39. The third-order valence-corrected chi connectivity index (χ3v) is 5.59. The van der Waals surface area contributed by atoms with Crippen molar-refractivity contribution in [2.45, 2.75) is 44.3 Å². The number of nitrogens with zero attached hydrogens (tertiary/aromatic N) is 4. The lowest BCUT2D eigenvalue weighted by Gasteiger charge is -2.38. The zero-order chi connectivity index (χ0) is 18.1. The minimum Gasteiger partial charge on any atom is -0.338 e. The second-order valence-electron chi connectivity index (χ2n) is 7.48. The van der Waals surface area contributed by atoms with Crippen LogP contribution in [0.2, 0.25) is 0 Å². The predicted molar refractivity (Wildman–Crippen MR) is 96.1 cm³/mol. The number of piperazine rings is 1. The van der Waals surface area contributed by atoms with Crippen molar-refractivity contribution in [3.63, 3.8) is 0 Å². The maximum Gasteiger partial charge on any atom is 0.253 e. The SMILES string of the molecule is N#CC1CN(C(=O)c2cccc(CN3CCCC3=O)c2)CCN1C1CC1. The molecule has 0 radical (unpaired) electrons. The molecule has 6 heteroatoms.